The van der Waals surface area contributed by atoms with Gasteiger partial charge in [0.15, 0.2) is 5.82 Å². The number of carbonyl (C=O) groups excluding carboxylic acids is 2. The van der Waals surface area contributed by atoms with Crippen molar-refractivity contribution in [1.29, 1.82) is 0 Å². The summed E-state index contributed by atoms with van der Waals surface area (Å²) >= 11 is 0. The lowest BCUT2D eigenvalue weighted by Crippen LogP contribution is -2.52. The Morgan fingerprint density at radius 2 is 1.43 bits per heavy atom. The van der Waals surface area contributed by atoms with Gasteiger partial charge in [-0.2, -0.15) is 0 Å². The van der Waals surface area contributed by atoms with Crippen molar-refractivity contribution in [3.63, 3.8) is 0 Å². The molecular weight excluding hydrogens is 529 g/mol. The smallest absolute Gasteiger partial charge is 0.257 e. The second-order valence-corrected chi connectivity index (χ2v) is 11.0. The van der Waals surface area contributed by atoms with E-state index in [-0.39, 0.29) is 18.0 Å². The molecule has 0 unspecified atom stereocenters. The molecule has 1 saturated heterocycles. The number of amides is 2. The Hall–Kier alpha value is -4.59. The van der Waals surface area contributed by atoms with E-state index in [0.717, 1.165) is 29.1 Å². The highest BCUT2D eigenvalue weighted by Gasteiger charge is 2.27. The van der Waals surface area contributed by atoms with Crippen LogP contribution >= 0.6 is 0 Å². The van der Waals surface area contributed by atoms with E-state index in [1.807, 2.05) is 30.3 Å². The van der Waals surface area contributed by atoms with Gasteiger partial charge in [-0.1, -0.05) is 80.6 Å². The third-order valence-electron chi connectivity index (χ3n) is 7.59. The van der Waals surface area contributed by atoms with Crippen molar-refractivity contribution in [2.75, 3.05) is 44.2 Å². The van der Waals surface area contributed by atoms with Crippen LogP contribution < -0.4 is 4.90 Å². The number of hydrogen-bond acceptors (Lipinski definition) is 5. The number of nitrogens with zero attached hydrogens (tertiary/aromatic N) is 5. The highest BCUT2D eigenvalue weighted by atomic mass is 19.1. The molecule has 3 aromatic carbocycles. The minimum absolute atomic E-state index is 0.00645. The molecule has 0 radical (unpaired) electrons. The molecule has 0 aliphatic carbocycles. The molecule has 5 rings (SSSR count). The average molecular weight is 566 g/mol. The molecule has 0 saturated carbocycles. The maximum Gasteiger partial charge on any atom is 0.257 e. The van der Waals surface area contributed by atoms with Gasteiger partial charge >= 0.3 is 0 Å². The van der Waals surface area contributed by atoms with Gasteiger partial charge < -0.3 is 14.7 Å². The fraction of sp³-hybridized carbons (Fsp3) is 0.294. The Kier molecular flexibility index (Phi) is 9.21. The van der Waals surface area contributed by atoms with Crippen LogP contribution in [0.2, 0.25) is 0 Å². The molecule has 1 fully saturated rings. The van der Waals surface area contributed by atoms with Crippen LogP contribution in [0.3, 0.4) is 0 Å². The fourth-order valence-electron chi connectivity index (χ4n) is 5.03. The Balaban J connectivity index is 1.17. The number of aromatic nitrogens is 2. The minimum Gasteiger partial charge on any atom is -0.352 e. The summed E-state index contributed by atoms with van der Waals surface area (Å²) in [6.07, 6.45) is 0.729. The van der Waals surface area contributed by atoms with Crippen molar-refractivity contribution >= 4 is 17.6 Å². The Bertz CT molecular complexity index is 1480. The van der Waals surface area contributed by atoms with Crippen molar-refractivity contribution in [3.8, 4) is 22.4 Å². The summed E-state index contributed by atoms with van der Waals surface area (Å²) in [6, 6.07) is 28.4. The summed E-state index contributed by atoms with van der Waals surface area (Å²) in [5.41, 5.74) is 4.11. The molecule has 4 aromatic rings. The van der Waals surface area contributed by atoms with Crippen molar-refractivity contribution in [1.82, 2.24) is 20.0 Å². The Morgan fingerprint density at radius 1 is 0.786 bits per heavy atom. The molecule has 1 aliphatic rings. The zero-order valence-corrected chi connectivity index (χ0v) is 24.1. The first kappa shape index (κ1) is 28.9. The van der Waals surface area contributed by atoms with Gasteiger partial charge in [-0.3, -0.25) is 9.59 Å². The molecule has 0 bridgehead atoms. The zero-order valence-electron chi connectivity index (χ0n) is 24.1. The summed E-state index contributed by atoms with van der Waals surface area (Å²) in [6.45, 7) is 6.68. The van der Waals surface area contributed by atoms with Crippen LogP contribution in [0.1, 0.15) is 30.6 Å². The van der Waals surface area contributed by atoms with Crippen LogP contribution in [0, 0.1) is 11.7 Å². The molecule has 1 aromatic heterocycles. The lowest BCUT2D eigenvalue weighted by Gasteiger charge is -2.36. The quantitative estimate of drug-likeness (QED) is 0.257. The zero-order chi connectivity index (χ0) is 29.5. The van der Waals surface area contributed by atoms with Crippen molar-refractivity contribution in [3.05, 3.63) is 102 Å². The van der Waals surface area contributed by atoms with Crippen molar-refractivity contribution < 1.29 is 14.0 Å². The lowest BCUT2D eigenvalue weighted by atomic mass is 10.0. The predicted molar refractivity (Wildman–Crippen MR) is 163 cm³/mol. The molecule has 216 valence electrons. The van der Waals surface area contributed by atoms with Crippen LogP contribution in [-0.2, 0) is 4.79 Å². The summed E-state index contributed by atoms with van der Waals surface area (Å²) in [5.74, 6) is -0.0514. The first-order valence-corrected chi connectivity index (χ1v) is 14.4. The van der Waals surface area contributed by atoms with Gasteiger partial charge in [0, 0.05) is 38.3 Å². The van der Waals surface area contributed by atoms with Crippen LogP contribution in [0.4, 0.5) is 10.2 Å². The van der Waals surface area contributed by atoms with E-state index in [9.17, 15) is 14.0 Å². The van der Waals surface area contributed by atoms with E-state index in [4.69, 9.17) is 0 Å². The van der Waals surface area contributed by atoms with Crippen LogP contribution in [-0.4, -0.2) is 71.1 Å². The number of anilines is 1. The average Bonchev–Trinajstić information content (AvgIpc) is 3.03. The van der Waals surface area contributed by atoms with E-state index < -0.39 is 11.7 Å². The molecule has 2 amide bonds. The third-order valence-corrected chi connectivity index (χ3v) is 7.59. The van der Waals surface area contributed by atoms with Gasteiger partial charge in [-0.15, -0.1) is 10.2 Å². The number of piperazine rings is 1. The summed E-state index contributed by atoms with van der Waals surface area (Å²) < 4.78 is 14.3. The standard InChI is InChI=1S/C34H36FN5O2/c1-25(2)18-19-40(34(42)29-10-6-7-11-30(29)35)24-33(41)39-22-20-38(21-23-39)32-17-16-31(36-37-32)28-14-12-27(13-15-28)26-8-4-3-5-9-26/h3-17,25H,18-24H2,1-2H3. The number of halogens is 1. The molecule has 0 atom stereocenters. The van der Waals surface area contributed by atoms with E-state index in [0.29, 0.717) is 38.6 Å². The SMILES string of the molecule is CC(C)CCN(CC(=O)N1CCN(c2ccc(-c3ccc(-c4ccccc4)cc3)nn2)CC1)C(=O)c1ccccc1F. The first-order valence-electron chi connectivity index (χ1n) is 14.4. The predicted octanol–water partition coefficient (Wildman–Crippen LogP) is 5.79. The van der Waals surface area contributed by atoms with Gasteiger partial charge in [0.05, 0.1) is 11.3 Å². The summed E-state index contributed by atoms with van der Waals surface area (Å²) in [5, 5.41) is 8.93. The summed E-state index contributed by atoms with van der Waals surface area (Å²) in [4.78, 5) is 31.7. The van der Waals surface area contributed by atoms with Crippen LogP contribution in [0.5, 0.6) is 0 Å². The van der Waals surface area contributed by atoms with E-state index in [1.165, 1.54) is 22.6 Å². The number of rotatable bonds is 9. The van der Waals surface area contributed by atoms with Gasteiger partial charge in [-0.25, -0.2) is 4.39 Å². The molecule has 42 heavy (non-hydrogen) atoms. The highest BCUT2D eigenvalue weighted by Crippen LogP contribution is 2.24. The Labute approximate surface area is 246 Å². The van der Waals surface area contributed by atoms with Crippen molar-refractivity contribution in [2.24, 2.45) is 5.92 Å². The molecular formula is C34H36FN5O2. The van der Waals surface area contributed by atoms with Gasteiger partial charge in [-0.05, 0) is 47.7 Å². The second kappa shape index (κ2) is 13.4. The number of hydrogen-bond donors (Lipinski definition) is 0. The molecule has 7 nitrogen and oxygen atoms in total. The molecule has 0 N–H and O–H groups in total. The molecule has 8 heteroatoms. The third kappa shape index (κ3) is 7.00. The lowest BCUT2D eigenvalue weighted by molar-refractivity contribution is -0.132. The van der Waals surface area contributed by atoms with E-state index in [1.54, 1.807) is 17.0 Å². The van der Waals surface area contributed by atoms with E-state index >= 15 is 0 Å². The number of benzene rings is 3. The molecule has 1 aliphatic heterocycles. The van der Waals surface area contributed by atoms with Crippen LogP contribution in [0.25, 0.3) is 22.4 Å². The normalized spacial score (nSPS) is 13.3. The minimum atomic E-state index is -0.575. The molecule has 0 spiro atoms. The maximum absolute atomic E-state index is 14.3. The van der Waals surface area contributed by atoms with Crippen molar-refractivity contribution in [2.45, 2.75) is 20.3 Å². The largest absolute Gasteiger partial charge is 0.352 e. The van der Waals surface area contributed by atoms with Gasteiger partial charge in [0.2, 0.25) is 5.91 Å². The monoisotopic (exact) mass is 565 g/mol. The van der Waals surface area contributed by atoms with Crippen LogP contribution in [0.15, 0.2) is 91.0 Å². The first-order chi connectivity index (χ1) is 20.4. The highest BCUT2D eigenvalue weighted by molar-refractivity contribution is 5.96. The topological polar surface area (TPSA) is 69.6 Å². The summed E-state index contributed by atoms with van der Waals surface area (Å²) in [7, 11) is 0. The Morgan fingerprint density at radius 3 is 2.07 bits per heavy atom. The van der Waals surface area contributed by atoms with Gasteiger partial charge in [0.25, 0.3) is 5.91 Å². The second-order valence-electron chi connectivity index (χ2n) is 11.0. The van der Waals surface area contributed by atoms with Gasteiger partial charge in [0.1, 0.15) is 12.4 Å². The van der Waals surface area contributed by atoms with E-state index in [2.05, 4.69) is 65.3 Å². The molecule has 2 heterocycles. The fourth-order valence-corrected chi connectivity index (χ4v) is 5.03. The number of carbonyl (C=O) groups is 2. The maximum atomic E-state index is 14.3.